The van der Waals surface area contributed by atoms with Crippen molar-refractivity contribution in [2.75, 3.05) is 13.1 Å². The zero-order valence-electron chi connectivity index (χ0n) is 10.5. The van der Waals surface area contributed by atoms with Crippen LogP contribution in [0.2, 0.25) is 0 Å². The molecule has 0 aliphatic carbocycles. The Kier molecular flexibility index (Phi) is 3.85. The van der Waals surface area contributed by atoms with E-state index in [0.717, 1.165) is 19.5 Å². The van der Waals surface area contributed by atoms with Crippen LogP contribution in [0.5, 0.6) is 0 Å². The molecule has 3 heteroatoms. The average molecular weight is 224 g/mol. The predicted molar refractivity (Wildman–Crippen MR) is 65.2 cm³/mol. The summed E-state index contributed by atoms with van der Waals surface area (Å²) in [5.74, 6) is 1.00. The highest BCUT2D eigenvalue weighted by molar-refractivity contribution is 5.82. The summed E-state index contributed by atoms with van der Waals surface area (Å²) in [7, 11) is 0. The molecule has 0 spiro atoms. The first-order chi connectivity index (χ1) is 7.70. The van der Waals surface area contributed by atoms with Crippen LogP contribution < -0.4 is 5.32 Å². The SMILES string of the molecule is CC1CCCN(C(=O)[C@@H]2CCCCN2)C1C. The molecular weight excluding hydrogens is 200 g/mol. The first-order valence-electron chi connectivity index (χ1n) is 6.74. The number of hydrogen-bond acceptors (Lipinski definition) is 2. The highest BCUT2D eigenvalue weighted by Crippen LogP contribution is 2.24. The molecule has 2 aliphatic heterocycles. The molecule has 2 aliphatic rings. The van der Waals surface area contributed by atoms with Crippen LogP contribution in [-0.2, 0) is 4.79 Å². The van der Waals surface area contributed by atoms with Crippen LogP contribution in [-0.4, -0.2) is 36.0 Å². The summed E-state index contributed by atoms with van der Waals surface area (Å²) < 4.78 is 0. The number of carbonyl (C=O) groups is 1. The van der Waals surface area contributed by atoms with E-state index in [0.29, 0.717) is 17.9 Å². The van der Waals surface area contributed by atoms with Gasteiger partial charge in [-0.15, -0.1) is 0 Å². The molecule has 0 radical (unpaired) electrons. The number of nitrogens with zero attached hydrogens (tertiary/aromatic N) is 1. The lowest BCUT2D eigenvalue weighted by atomic mass is 9.91. The molecule has 0 aromatic rings. The van der Waals surface area contributed by atoms with E-state index in [1.54, 1.807) is 0 Å². The molecule has 0 aromatic carbocycles. The Morgan fingerprint density at radius 3 is 2.69 bits per heavy atom. The largest absolute Gasteiger partial charge is 0.338 e. The molecule has 1 N–H and O–H groups in total. The summed E-state index contributed by atoms with van der Waals surface area (Å²) >= 11 is 0. The Bertz CT molecular complexity index is 248. The number of rotatable bonds is 1. The minimum atomic E-state index is 0.0986. The van der Waals surface area contributed by atoms with Crippen molar-refractivity contribution < 1.29 is 4.79 Å². The molecule has 1 amide bonds. The number of hydrogen-bond donors (Lipinski definition) is 1. The van der Waals surface area contributed by atoms with Gasteiger partial charge >= 0.3 is 0 Å². The van der Waals surface area contributed by atoms with Crippen LogP contribution in [0.15, 0.2) is 0 Å². The number of likely N-dealkylation sites (tertiary alicyclic amines) is 1. The number of piperidine rings is 2. The normalized spacial score (nSPS) is 36.1. The monoisotopic (exact) mass is 224 g/mol. The molecule has 3 nitrogen and oxygen atoms in total. The maximum Gasteiger partial charge on any atom is 0.239 e. The summed E-state index contributed by atoms with van der Waals surface area (Å²) in [5, 5.41) is 3.36. The quantitative estimate of drug-likeness (QED) is 0.736. The van der Waals surface area contributed by atoms with Gasteiger partial charge in [0.25, 0.3) is 0 Å². The smallest absolute Gasteiger partial charge is 0.239 e. The third-order valence-corrected chi connectivity index (χ3v) is 4.27. The maximum atomic E-state index is 12.4. The van der Waals surface area contributed by atoms with Crippen molar-refractivity contribution in [3.63, 3.8) is 0 Å². The van der Waals surface area contributed by atoms with Crippen molar-refractivity contribution in [1.82, 2.24) is 10.2 Å². The lowest BCUT2D eigenvalue weighted by molar-refractivity contribution is -0.138. The minimum absolute atomic E-state index is 0.0986. The van der Waals surface area contributed by atoms with Gasteiger partial charge in [0.05, 0.1) is 6.04 Å². The summed E-state index contributed by atoms with van der Waals surface area (Å²) in [4.78, 5) is 14.5. The van der Waals surface area contributed by atoms with Crippen molar-refractivity contribution >= 4 is 5.91 Å². The van der Waals surface area contributed by atoms with Crippen LogP contribution in [0.3, 0.4) is 0 Å². The molecule has 3 atom stereocenters. The van der Waals surface area contributed by atoms with Crippen LogP contribution >= 0.6 is 0 Å². The average Bonchev–Trinajstić information content (AvgIpc) is 2.33. The second kappa shape index (κ2) is 5.17. The molecule has 2 saturated heterocycles. The maximum absolute atomic E-state index is 12.4. The van der Waals surface area contributed by atoms with E-state index in [2.05, 4.69) is 24.1 Å². The zero-order valence-corrected chi connectivity index (χ0v) is 10.5. The first kappa shape index (κ1) is 11.9. The van der Waals surface area contributed by atoms with E-state index in [4.69, 9.17) is 0 Å². The predicted octanol–water partition coefficient (Wildman–Crippen LogP) is 1.78. The standard InChI is InChI=1S/C13H24N2O/c1-10-6-5-9-15(11(10)2)13(16)12-7-3-4-8-14-12/h10-12,14H,3-9H2,1-2H3/t10?,11?,12-/m0/s1. The summed E-state index contributed by atoms with van der Waals surface area (Å²) in [5.41, 5.74) is 0. The molecule has 2 unspecified atom stereocenters. The van der Waals surface area contributed by atoms with Gasteiger partial charge in [-0.2, -0.15) is 0 Å². The Morgan fingerprint density at radius 1 is 1.19 bits per heavy atom. The highest BCUT2D eigenvalue weighted by atomic mass is 16.2. The van der Waals surface area contributed by atoms with E-state index in [9.17, 15) is 4.79 Å². The molecule has 2 heterocycles. The van der Waals surface area contributed by atoms with Crippen molar-refractivity contribution in [2.45, 2.75) is 58.0 Å². The van der Waals surface area contributed by atoms with Gasteiger partial charge in [-0.3, -0.25) is 4.79 Å². The molecular formula is C13H24N2O. The number of carbonyl (C=O) groups excluding carboxylic acids is 1. The third-order valence-electron chi connectivity index (χ3n) is 4.27. The summed E-state index contributed by atoms with van der Waals surface area (Å²) in [6.45, 7) is 6.43. The molecule has 0 aromatic heterocycles. The second-order valence-corrected chi connectivity index (χ2v) is 5.39. The Morgan fingerprint density at radius 2 is 2.00 bits per heavy atom. The zero-order chi connectivity index (χ0) is 11.5. The molecule has 92 valence electrons. The van der Waals surface area contributed by atoms with Crippen LogP contribution in [0.4, 0.5) is 0 Å². The fourth-order valence-corrected chi connectivity index (χ4v) is 2.91. The summed E-state index contributed by atoms with van der Waals surface area (Å²) in [6.07, 6.45) is 5.88. The van der Waals surface area contributed by atoms with E-state index in [1.165, 1.54) is 25.7 Å². The van der Waals surface area contributed by atoms with E-state index in [1.807, 2.05) is 0 Å². The molecule has 16 heavy (non-hydrogen) atoms. The fraction of sp³-hybridized carbons (Fsp3) is 0.923. The van der Waals surface area contributed by atoms with Crippen molar-refractivity contribution in [2.24, 2.45) is 5.92 Å². The van der Waals surface area contributed by atoms with Crippen molar-refractivity contribution in [3.05, 3.63) is 0 Å². The van der Waals surface area contributed by atoms with Crippen molar-refractivity contribution in [3.8, 4) is 0 Å². The molecule has 0 bridgehead atoms. The Balaban J connectivity index is 1.96. The van der Waals surface area contributed by atoms with E-state index in [-0.39, 0.29) is 6.04 Å². The van der Waals surface area contributed by atoms with Crippen LogP contribution in [0.1, 0.15) is 46.0 Å². The lowest BCUT2D eigenvalue weighted by Gasteiger charge is -2.40. The fourth-order valence-electron chi connectivity index (χ4n) is 2.91. The van der Waals surface area contributed by atoms with Gasteiger partial charge in [-0.05, 0) is 45.1 Å². The Labute approximate surface area is 98.6 Å². The lowest BCUT2D eigenvalue weighted by Crippen LogP contribution is -2.54. The van der Waals surface area contributed by atoms with E-state index >= 15 is 0 Å². The topological polar surface area (TPSA) is 32.3 Å². The van der Waals surface area contributed by atoms with Crippen LogP contribution in [0, 0.1) is 5.92 Å². The molecule has 0 saturated carbocycles. The van der Waals surface area contributed by atoms with Crippen LogP contribution in [0.25, 0.3) is 0 Å². The molecule has 2 rings (SSSR count). The second-order valence-electron chi connectivity index (χ2n) is 5.39. The minimum Gasteiger partial charge on any atom is -0.338 e. The van der Waals surface area contributed by atoms with Gasteiger partial charge < -0.3 is 10.2 Å². The highest BCUT2D eigenvalue weighted by Gasteiger charge is 2.32. The molecule has 2 fully saturated rings. The van der Waals surface area contributed by atoms with Gasteiger partial charge in [0.15, 0.2) is 0 Å². The Hall–Kier alpha value is -0.570. The number of amides is 1. The van der Waals surface area contributed by atoms with Crippen molar-refractivity contribution in [1.29, 1.82) is 0 Å². The van der Waals surface area contributed by atoms with E-state index < -0.39 is 0 Å². The van der Waals surface area contributed by atoms with Gasteiger partial charge in [0.2, 0.25) is 5.91 Å². The third kappa shape index (κ3) is 2.40. The van der Waals surface area contributed by atoms with Gasteiger partial charge in [-0.25, -0.2) is 0 Å². The first-order valence-corrected chi connectivity index (χ1v) is 6.74. The summed E-state index contributed by atoms with van der Waals surface area (Å²) in [6, 6.07) is 0.520. The van der Waals surface area contributed by atoms with Gasteiger partial charge in [0, 0.05) is 12.6 Å². The van der Waals surface area contributed by atoms with Gasteiger partial charge in [-0.1, -0.05) is 13.3 Å². The number of nitrogens with one attached hydrogen (secondary N) is 1. The van der Waals surface area contributed by atoms with Gasteiger partial charge in [0.1, 0.15) is 0 Å².